The Morgan fingerprint density at radius 3 is 2.54 bits per heavy atom. The summed E-state index contributed by atoms with van der Waals surface area (Å²) in [5.41, 5.74) is 1.54. The van der Waals surface area contributed by atoms with E-state index in [1.807, 2.05) is 48.5 Å². The molecule has 0 saturated carbocycles. The van der Waals surface area contributed by atoms with E-state index < -0.39 is 41.6 Å². The molecule has 0 radical (unpaired) electrons. The monoisotopic (exact) mass is 561 g/mol. The van der Waals surface area contributed by atoms with Gasteiger partial charge in [-0.25, -0.2) is 19.6 Å². The highest BCUT2D eigenvalue weighted by atomic mass is 16.5. The molecule has 3 aromatic rings. The van der Waals surface area contributed by atoms with Crippen molar-refractivity contribution in [1.82, 2.24) is 9.88 Å². The van der Waals surface area contributed by atoms with Crippen molar-refractivity contribution in [2.45, 2.75) is 58.0 Å². The third kappa shape index (κ3) is 7.09. The van der Waals surface area contributed by atoms with Crippen molar-refractivity contribution >= 4 is 28.9 Å². The number of carbonyl (C=O) groups excluding carboxylic acids is 2. The number of ether oxygens (including phenoxy) is 3. The number of fused-ring (bicyclic) bond motifs is 1. The van der Waals surface area contributed by atoms with Crippen LogP contribution in [0.5, 0.6) is 11.5 Å². The van der Waals surface area contributed by atoms with Crippen LogP contribution in [0.25, 0.3) is 22.2 Å². The molecule has 0 spiro atoms. The number of aliphatic carboxylic acids is 1. The molecule has 1 aliphatic heterocycles. The fourth-order valence-corrected chi connectivity index (χ4v) is 4.93. The number of hydrogen-bond acceptors (Lipinski definition) is 8. The predicted octanol–water partition coefficient (Wildman–Crippen LogP) is 4.50. The number of methoxy groups -OCH3 is 1. The smallest absolute Gasteiger partial charge is 0.326 e. The molecule has 1 aromatic heterocycles. The second kappa shape index (κ2) is 12.5. The summed E-state index contributed by atoms with van der Waals surface area (Å²) in [6.07, 6.45) is -0.0299. The average Bonchev–Trinajstić information content (AvgIpc) is 3.38. The molecule has 4 rings (SSSR count). The van der Waals surface area contributed by atoms with Crippen LogP contribution in [0.1, 0.15) is 34.1 Å². The van der Waals surface area contributed by atoms with E-state index in [1.165, 1.54) is 11.0 Å². The summed E-state index contributed by atoms with van der Waals surface area (Å²) in [5, 5.41) is 10.8. The molecule has 1 saturated heterocycles. The van der Waals surface area contributed by atoms with Crippen LogP contribution in [0.3, 0.4) is 0 Å². The maximum atomic E-state index is 13.8. The zero-order valence-corrected chi connectivity index (χ0v) is 23.9. The molecule has 10 heteroatoms. The van der Waals surface area contributed by atoms with Crippen molar-refractivity contribution in [2.24, 2.45) is 10.9 Å². The van der Waals surface area contributed by atoms with Crippen LogP contribution >= 0.6 is 0 Å². The first-order chi connectivity index (χ1) is 19.5. The summed E-state index contributed by atoms with van der Waals surface area (Å²) in [6, 6.07) is 15.8. The van der Waals surface area contributed by atoms with Gasteiger partial charge in [-0.3, -0.25) is 4.79 Å². The lowest BCUT2D eigenvalue weighted by Crippen LogP contribution is -2.50. The number of carboxylic acid groups (broad SMARTS) is 1. The van der Waals surface area contributed by atoms with E-state index in [-0.39, 0.29) is 19.5 Å². The Bertz CT molecular complexity index is 1450. The molecule has 0 aliphatic carbocycles. The second-order valence-corrected chi connectivity index (χ2v) is 11.1. The van der Waals surface area contributed by atoms with Gasteiger partial charge in [-0.2, -0.15) is 0 Å². The number of rotatable bonds is 10. The zero-order valence-electron chi connectivity index (χ0n) is 23.9. The molecule has 1 amide bonds. The second-order valence-electron chi connectivity index (χ2n) is 11.1. The van der Waals surface area contributed by atoms with Gasteiger partial charge in [-0.15, -0.1) is 0 Å². The Morgan fingerprint density at radius 1 is 1.17 bits per heavy atom. The summed E-state index contributed by atoms with van der Waals surface area (Å²) >= 11 is 0. The number of nitrogens with zero attached hydrogens (tertiary/aromatic N) is 3. The molecular formula is C31H35N3O7. The van der Waals surface area contributed by atoms with Crippen LogP contribution in [0, 0.1) is 5.92 Å². The van der Waals surface area contributed by atoms with Gasteiger partial charge in [0.05, 0.1) is 37.0 Å². The number of amides is 1. The van der Waals surface area contributed by atoms with Crippen LogP contribution in [0.2, 0.25) is 0 Å². The van der Waals surface area contributed by atoms with E-state index in [0.29, 0.717) is 22.7 Å². The molecule has 2 heterocycles. The quantitative estimate of drug-likeness (QED) is 0.283. The molecule has 0 bridgehead atoms. The fourth-order valence-electron chi connectivity index (χ4n) is 4.93. The molecule has 1 aliphatic rings. The number of aromatic nitrogens is 1. The minimum Gasteiger partial charge on any atom is -0.497 e. The normalized spacial score (nSPS) is 18.4. The lowest BCUT2D eigenvalue weighted by Gasteiger charge is -2.33. The highest BCUT2D eigenvalue weighted by molar-refractivity contribution is 5.89. The van der Waals surface area contributed by atoms with Crippen LogP contribution < -0.4 is 9.47 Å². The number of aliphatic imine (C=N–C) groups is 1. The van der Waals surface area contributed by atoms with Gasteiger partial charge in [0.15, 0.2) is 0 Å². The summed E-state index contributed by atoms with van der Waals surface area (Å²) in [5.74, 6) is -0.933. The van der Waals surface area contributed by atoms with Gasteiger partial charge in [-0.1, -0.05) is 37.3 Å². The molecule has 4 unspecified atom stereocenters. The van der Waals surface area contributed by atoms with E-state index in [0.717, 1.165) is 10.9 Å². The number of hydrogen-bond donors (Lipinski definition) is 1. The van der Waals surface area contributed by atoms with Gasteiger partial charge in [-0.05, 0) is 32.9 Å². The Hall–Kier alpha value is -4.27. The van der Waals surface area contributed by atoms with Crippen molar-refractivity contribution in [3.05, 3.63) is 54.6 Å². The lowest BCUT2D eigenvalue weighted by atomic mass is 10.0. The molecule has 216 valence electrons. The topological polar surface area (TPSA) is 128 Å². The number of benzene rings is 2. The van der Waals surface area contributed by atoms with E-state index in [9.17, 15) is 19.5 Å². The highest BCUT2D eigenvalue weighted by Gasteiger charge is 2.45. The maximum Gasteiger partial charge on any atom is 0.326 e. The molecule has 1 fully saturated rings. The highest BCUT2D eigenvalue weighted by Crippen LogP contribution is 2.35. The largest absolute Gasteiger partial charge is 0.497 e. The lowest BCUT2D eigenvalue weighted by molar-refractivity contribution is -0.163. The first-order valence-corrected chi connectivity index (χ1v) is 13.5. The van der Waals surface area contributed by atoms with Crippen molar-refractivity contribution in [3.63, 3.8) is 0 Å². The van der Waals surface area contributed by atoms with E-state index in [4.69, 9.17) is 19.2 Å². The van der Waals surface area contributed by atoms with Gasteiger partial charge < -0.3 is 24.2 Å². The number of carboxylic acids is 1. The van der Waals surface area contributed by atoms with Crippen LogP contribution in [-0.4, -0.2) is 77.0 Å². The summed E-state index contributed by atoms with van der Waals surface area (Å²) < 4.78 is 17.9. The first kappa shape index (κ1) is 29.7. The van der Waals surface area contributed by atoms with E-state index in [2.05, 4.69) is 4.99 Å². The van der Waals surface area contributed by atoms with Gasteiger partial charge in [0.25, 0.3) is 5.91 Å². The Balaban J connectivity index is 1.67. The molecule has 10 nitrogen and oxygen atoms in total. The predicted molar refractivity (Wildman–Crippen MR) is 153 cm³/mol. The number of carbonyl (C=O) groups is 2. The number of isocyanates is 1. The molecular weight excluding hydrogens is 526 g/mol. The minimum absolute atomic E-state index is 0.0240. The summed E-state index contributed by atoms with van der Waals surface area (Å²) in [7, 11) is 1.58. The number of pyridine rings is 1. The molecule has 41 heavy (non-hydrogen) atoms. The van der Waals surface area contributed by atoms with Crippen LogP contribution in [0.15, 0.2) is 59.6 Å². The summed E-state index contributed by atoms with van der Waals surface area (Å²) in [4.78, 5) is 46.5. The first-order valence-electron chi connectivity index (χ1n) is 13.5. The number of likely N-dealkylation sites (tertiary alicyclic amines) is 1. The van der Waals surface area contributed by atoms with Gasteiger partial charge in [0.1, 0.15) is 29.7 Å². The van der Waals surface area contributed by atoms with Gasteiger partial charge in [0.2, 0.25) is 6.08 Å². The van der Waals surface area contributed by atoms with Crippen LogP contribution in [0.4, 0.5) is 0 Å². The van der Waals surface area contributed by atoms with E-state index in [1.54, 1.807) is 40.9 Å². The average molecular weight is 562 g/mol. The van der Waals surface area contributed by atoms with E-state index >= 15 is 0 Å². The van der Waals surface area contributed by atoms with Crippen molar-refractivity contribution < 1.29 is 33.7 Å². The van der Waals surface area contributed by atoms with Crippen LogP contribution in [-0.2, 0) is 19.1 Å². The van der Waals surface area contributed by atoms with Crippen molar-refractivity contribution in [2.75, 3.05) is 20.2 Å². The Kier molecular flexibility index (Phi) is 9.05. The molecule has 1 N–H and O–H groups in total. The fraction of sp³-hybridized carbons (Fsp3) is 0.419. The molecule has 4 atom stereocenters. The van der Waals surface area contributed by atoms with Crippen molar-refractivity contribution in [1.29, 1.82) is 0 Å². The van der Waals surface area contributed by atoms with Gasteiger partial charge in [0, 0.05) is 35.4 Å². The Morgan fingerprint density at radius 2 is 1.90 bits per heavy atom. The molecule has 2 aromatic carbocycles. The van der Waals surface area contributed by atoms with Crippen molar-refractivity contribution in [3.8, 4) is 22.8 Å². The third-order valence-corrected chi connectivity index (χ3v) is 6.86. The minimum atomic E-state index is -1.13. The third-order valence-electron chi connectivity index (χ3n) is 6.86. The summed E-state index contributed by atoms with van der Waals surface area (Å²) in [6.45, 7) is 7.22. The maximum absolute atomic E-state index is 13.8. The van der Waals surface area contributed by atoms with Gasteiger partial charge >= 0.3 is 5.97 Å². The Labute approximate surface area is 238 Å². The SMILES string of the molecule is COc1ccc2c(OC3CC(C(=O)O)N(C(=O)C(OC(C)(C)C)C(C)CN=C=O)C3)cc(-c3ccccc3)nc2c1. The standard InChI is InChI=1S/C31H35N3O7/c1-19(16-32-18-35)28(41-31(2,3)4)29(36)34-17-22(14-26(34)30(37)38)40-27-15-24(20-9-7-6-8-10-20)33-25-13-21(39-5)11-12-23(25)27/h6-13,15,19,22,26,28H,14,16-17H2,1-5H3,(H,37,38). The zero-order chi connectivity index (χ0) is 29.7.